The van der Waals surface area contributed by atoms with E-state index in [-0.39, 0.29) is 11.3 Å². The SMILES string of the molecule is CCN(CC)CCNC(=O)CCC(C)(C)CCN. The minimum absolute atomic E-state index is 0.159. The quantitative estimate of drug-likeness (QED) is 0.625. The van der Waals surface area contributed by atoms with Crippen molar-refractivity contribution in [2.24, 2.45) is 11.1 Å². The molecule has 0 saturated heterocycles. The number of hydrogen-bond acceptors (Lipinski definition) is 3. The molecule has 0 atom stereocenters. The van der Waals surface area contributed by atoms with Crippen LogP contribution < -0.4 is 11.1 Å². The molecule has 0 aliphatic carbocycles. The van der Waals surface area contributed by atoms with Crippen molar-refractivity contribution >= 4 is 5.91 Å². The fourth-order valence-electron chi connectivity index (χ4n) is 1.95. The molecule has 0 fully saturated rings. The standard InChI is InChI=1S/C14H31N3O/c1-5-17(6-2)12-11-16-13(18)7-8-14(3,4)9-10-15/h5-12,15H2,1-4H3,(H,16,18). The lowest BCUT2D eigenvalue weighted by molar-refractivity contribution is -0.121. The van der Waals surface area contributed by atoms with Crippen LogP contribution in [-0.4, -0.2) is 43.5 Å². The van der Waals surface area contributed by atoms with Crippen molar-refractivity contribution in [1.29, 1.82) is 0 Å². The van der Waals surface area contributed by atoms with E-state index in [0.717, 1.165) is 39.0 Å². The lowest BCUT2D eigenvalue weighted by Gasteiger charge is -2.23. The second-order valence-electron chi connectivity index (χ2n) is 5.58. The summed E-state index contributed by atoms with van der Waals surface area (Å²) in [5.74, 6) is 0.159. The molecule has 1 amide bonds. The van der Waals surface area contributed by atoms with Gasteiger partial charge in [0.1, 0.15) is 0 Å². The van der Waals surface area contributed by atoms with Crippen molar-refractivity contribution in [1.82, 2.24) is 10.2 Å². The smallest absolute Gasteiger partial charge is 0.220 e. The predicted molar refractivity (Wildman–Crippen MR) is 77.5 cm³/mol. The zero-order valence-corrected chi connectivity index (χ0v) is 12.6. The van der Waals surface area contributed by atoms with E-state index in [0.29, 0.717) is 13.0 Å². The Hall–Kier alpha value is -0.610. The summed E-state index contributed by atoms with van der Waals surface area (Å²) in [6.45, 7) is 13.1. The van der Waals surface area contributed by atoms with Crippen LogP contribution in [0.4, 0.5) is 0 Å². The predicted octanol–water partition coefficient (Wildman–Crippen LogP) is 1.60. The summed E-state index contributed by atoms with van der Waals surface area (Å²) < 4.78 is 0. The normalized spacial score (nSPS) is 11.9. The van der Waals surface area contributed by atoms with Crippen molar-refractivity contribution in [3.8, 4) is 0 Å². The molecule has 0 unspecified atom stereocenters. The van der Waals surface area contributed by atoms with E-state index in [1.165, 1.54) is 0 Å². The summed E-state index contributed by atoms with van der Waals surface area (Å²) in [6, 6.07) is 0. The maximum Gasteiger partial charge on any atom is 0.220 e. The number of nitrogens with zero attached hydrogens (tertiary/aromatic N) is 1. The number of nitrogens with one attached hydrogen (secondary N) is 1. The highest BCUT2D eigenvalue weighted by molar-refractivity contribution is 5.75. The van der Waals surface area contributed by atoms with Crippen LogP contribution in [-0.2, 0) is 4.79 Å². The lowest BCUT2D eigenvalue weighted by Crippen LogP contribution is -2.35. The Bertz CT molecular complexity index is 225. The number of likely N-dealkylation sites (N-methyl/N-ethyl adjacent to an activating group) is 1. The number of carbonyl (C=O) groups is 1. The third kappa shape index (κ3) is 8.48. The number of nitrogens with two attached hydrogens (primary N) is 1. The molecule has 0 aromatic heterocycles. The summed E-state index contributed by atoms with van der Waals surface area (Å²) in [6.07, 6.45) is 2.48. The van der Waals surface area contributed by atoms with Crippen molar-refractivity contribution in [2.45, 2.75) is 47.0 Å². The van der Waals surface area contributed by atoms with Crippen LogP contribution in [0.25, 0.3) is 0 Å². The van der Waals surface area contributed by atoms with E-state index >= 15 is 0 Å². The molecule has 18 heavy (non-hydrogen) atoms. The summed E-state index contributed by atoms with van der Waals surface area (Å²) in [5.41, 5.74) is 5.73. The first-order valence-corrected chi connectivity index (χ1v) is 7.14. The van der Waals surface area contributed by atoms with Crippen LogP contribution >= 0.6 is 0 Å². The van der Waals surface area contributed by atoms with Crippen molar-refractivity contribution in [3.63, 3.8) is 0 Å². The third-order valence-corrected chi connectivity index (χ3v) is 3.49. The number of hydrogen-bond donors (Lipinski definition) is 2. The number of amides is 1. The fourth-order valence-corrected chi connectivity index (χ4v) is 1.95. The Kier molecular flexibility index (Phi) is 9.02. The average Bonchev–Trinajstić information content (AvgIpc) is 2.32. The molecule has 0 aliphatic rings. The molecule has 4 nitrogen and oxygen atoms in total. The van der Waals surface area contributed by atoms with Gasteiger partial charge in [-0.15, -0.1) is 0 Å². The topological polar surface area (TPSA) is 58.4 Å². The maximum absolute atomic E-state index is 11.7. The van der Waals surface area contributed by atoms with Gasteiger partial charge in [0.2, 0.25) is 5.91 Å². The molecule has 0 bridgehead atoms. The molecular formula is C14H31N3O. The highest BCUT2D eigenvalue weighted by Crippen LogP contribution is 2.25. The lowest BCUT2D eigenvalue weighted by atomic mass is 9.84. The zero-order valence-electron chi connectivity index (χ0n) is 12.6. The van der Waals surface area contributed by atoms with Gasteiger partial charge in [0.25, 0.3) is 0 Å². The summed E-state index contributed by atoms with van der Waals surface area (Å²) in [5, 5.41) is 2.98. The molecule has 0 saturated carbocycles. The van der Waals surface area contributed by atoms with Gasteiger partial charge in [-0.2, -0.15) is 0 Å². The van der Waals surface area contributed by atoms with E-state index in [4.69, 9.17) is 5.73 Å². The first kappa shape index (κ1) is 17.4. The highest BCUT2D eigenvalue weighted by atomic mass is 16.1. The van der Waals surface area contributed by atoms with Crippen LogP contribution in [0, 0.1) is 5.41 Å². The first-order valence-electron chi connectivity index (χ1n) is 7.14. The van der Waals surface area contributed by atoms with Crippen molar-refractivity contribution in [3.05, 3.63) is 0 Å². The molecule has 4 heteroatoms. The van der Waals surface area contributed by atoms with Gasteiger partial charge in [-0.1, -0.05) is 27.7 Å². The van der Waals surface area contributed by atoms with Crippen molar-refractivity contribution < 1.29 is 4.79 Å². The molecule has 0 spiro atoms. The van der Waals surface area contributed by atoms with Crippen LogP contribution in [0.15, 0.2) is 0 Å². The number of carbonyl (C=O) groups excluding carboxylic acids is 1. The Morgan fingerprint density at radius 2 is 1.83 bits per heavy atom. The van der Waals surface area contributed by atoms with Crippen LogP contribution in [0.2, 0.25) is 0 Å². The Balaban J connectivity index is 3.72. The summed E-state index contributed by atoms with van der Waals surface area (Å²) in [7, 11) is 0. The molecule has 0 rings (SSSR count). The van der Waals surface area contributed by atoms with E-state index in [2.05, 4.69) is 37.9 Å². The van der Waals surface area contributed by atoms with Crippen LogP contribution in [0.3, 0.4) is 0 Å². The highest BCUT2D eigenvalue weighted by Gasteiger charge is 2.18. The molecule has 0 heterocycles. The van der Waals surface area contributed by atoms with E-state index in [1.807, 2.05) is 0 Å². The molecule has 0 radical (unpaired) electrons. The number of rotatable bonds is 10. The monoisotopic (exact) mass is 257 g/mol. The maximum atomic E-state index is 11.7. The van der Waals surface area contributed by atoms with Gasteiger partial charge in [0, 0.05) is 19.5 Å². The second-order valence-corrected chi connectivity index (χ2v) is 5.58. The van der Waals surface area contributed by atoms with E-state index < -0.39 is 0 Å². The van der Waals surface area contributed by atoms with E-state index in [1.54, 1.807) is 0 Å². The Morgan fingerprint density at radius 1 is 1.22 bits per heavy atom. The average molecular weight is 257 g/mol. The van der Waals surface area contributed by atoms with Crippen LogP contribution in [0.5, 0.6) is 0 Å². The van der Waals surface area contributed by atoms with Gasteiger partial charge in [-0.05, 0) is 37.9 Å². The molecule has 0 aliphatic heterocycles. The van der Waals surface area contributed by atoms with E-state index in [9.17, 15) is 4.79 Å². The Labute approximate surface area is 112 Å². The minimum Gasteiger partial charge on any atom is -0.355 e. The first-order chi connectivity index (χ1) is 8.45. The van der Waals surface area contributed by atoms with Gasteiger partial charge >= 0.3 is 0 Å². The van der Waals surface area contributed by atoms with Gasteiger partial charge in [0.05, 0.1) is 0 Å². The molecule has 3 N–H and O–H groups in total. The van der Waals surface area contributed by atoms with Gasteiger partial charge in [0.15, 0.2) is 0 Å². The Morgan fingerprint density at radius 3 is 2.33 bits per heavy atom. The zero-order chi connectivity index (χ0) is 14.0. The van der Waals surface area contributed by atoms with Gasteiger partial charge in [-0.3, -0.25) is 4.79 Å². The molecule has 0 aromatic carbocycles. The summed E-state index contributed by atoms with van der Waals surface area (Å²) >= 11 is 0. The second kappa shape index (κ2) is 9.34. The van der Waals surface area contributed by atoms with Gasteiger partial charge < -0.3 is 16.0 Å². The van der Waals surface area contributed by atoms with Crippen molar-refractivity contribution in [2.75, 3.05) is 32.7 Å². The molecule has 108 valence electrons. The molecular weight excluding hydrogens is 226 g/mol. The molecule has 0 aromatic rings. The van der Waals surface area contributed by atoms with Gasteiger partial charge in [-0.25, -0.2) is 0 Å². The third-order valence-electron chi connectivity index (χ3n) is 3.49. The summed E-state index contributed by atoms with van der Waals surface area (Å²) in [4.78, 5) is 14.0. The minimum atomic E-state index is 0.159. The largest absolute Gasteiger partial charge is 0.355 e. The fraction of sp³-hybridized carbons (Fsp3) is 0.929. The van der Waals surface area contributed by atoms with Crippen LogP contribution in [0.1, 0.15) is 47.0 Å².